The molecule has 3 aromatic rings. The van der Waals surface area contributed by atoms with Crippen LogP contribution in [0.3, 0.4) is 0 Å². The molecule has 0 fully saturated rings. The second kappa shape index (κ2) is 9.10. The number of halogens is 1. The number of allylic oxidation sites excluding steroid dienone is 1. The molecule has 6 heteroatoms. The van der Waals surface area contributed by atoms with E-state index in [0.29, 0.717) is 18.1 Å². The lowest BCUT2D eigenvalue weighted by molar-refractivity contribution is 0.0521. The number of rotatable bonds is 7. The summed E-state index contributed by atoms with van der Waals surface area (Å²) >= 11 is 0. The third kappa shape index (κ3) is 4.66. The fourth-order valence-electron chi connectivity index (χ4n) is 2.80. The number of benzene rings is 2. The Bertz CT molecular complexity index is 1040. The van der Waals surface area contributed by atoms with Crippen molar-refractivity contribution in [3.8, 4) is 23.0 Å². The Morgan fingerprint density at radius 3 is 2.59 bits per heavy atom. The first-order chi connectivity index (χ1) is 14.0. The maximum atomic E-state index is 14.4. The molecule has 0 saturated carbocycles. The molecule has 0 radical (unpaired) electrons. The Kier molecular flexibility index (Phi) is 6.34. The van der Waals surface area contributed by atoms with Gasteiger partial charge in [-0.3, -0.25) is 0 Å². The van der Waals surface area contributed by atoms with E-state index < -0.39 is 11.8 Å². The molecule has 0 amide bonds. The van der Waals surface area contributed by atoms with Gasteiger partial charge in [-0.25, -0.2) is 14.2 Å². The summed E-state index contributed by atoms with van der Waals surface area (Å²) in [4.78, 5) is 20.9. The zero-order valence-electron chi connectivity index (χ0n) is 16.3. The van der Waals surface area contributed by atoms with Crippen molar-refractivity contribution in [3.63, 3.8) is 0 Å². The number of aromatic nitrogens is 2. The first-order valence-corrected chi connectivity index (χ1v) is 9.21. The number of ether oxygens (including phenoxy) is 2. The van der Waals surface area contributed by atoms with E-state index in [1.807, 2.05) is 37.3 Å². The van der Waals surface area contributed by atoms with Crippen molar-refractivity contribution in [2.75, 3.05) is 6.61 Å². The van der Waals surface area contributed by atoms with E-state index in [1.165, 1.54) is 12.1 Å². The van der Waals surface area contributed by atoms with Crippen molar-refractivity contribution in [1.82, 2.24) is 9.97 Å². The summed E-state index contributed by atoms with van der Waals surface area (Å²) in [7, 11) is 0. The average molecular weight is 392 g/mol. The van der Waals surface area contributed by atoms with Gasteiger partial charge in [0, 0.05) is 22.9 Å². The molecule has 148 valence electrons. The predicted octanol–water partition coefficient (Wildman–Crippen LogP) is 5.29. The summed E-state index contributed by atoms with van der Waals surface area (Å²) in [5, 5.41) is 0. The average Bonchev–Trinajstić information content (AvgIpc) is 2.71. The number of carbonyl (C=O) groups is 1. The van der Waals surface area contributed by atoms with Gasteiger partial charge in [-0.2, -0.15) is 4.98 Å². The maximum Gasteiger partial charge on any atom is 0.341 e. The van der Waals surface area contributed by atoms with Gasteiger partial charge >= 0.3 is 5.97 Å². The monoisotopic (exact) mass is 392 g/mol. The normalized spacial score (nSPS) is 10.4. The minimum atomic E-state index is -0.722. The summed E-state index contributed by atoms with van der Waals surface area (Å²) in [5.74, 6) is -0.388. The van der Waals surface area contributed by atoms with Crippen LogP contribution in [0, 0.1) is 12.7 Å². The van der Waals surface area contributed by atoms with Gasteiger partial charge in [0.15, 0.2) is 5.82 Å². The molecule has 1 aromatic heterocycles. The molecule has 0 spiro atoms. The van der Waals surface area contributed by atoms with Crippen molar-refractivity contribution in [1.29, 1.82) is 0 Å². The van der Waals surface area contributed by atoms with Gasteiger partial charge in [-0.1, -0.05) is 36.4 Å². The van der Waals surface area contributed by atoms with Gasteiger partial charge in [-0.05, 0) is 32.4 Å². The third-order valence-electron chi connectivity index (χ3n) is 4.21. The molecule has 0 unspecified atom stereocenters. The largest absolute Gasteiger partial charge is 0.462 e. The lowest BCUT2D eigenvalue weighted by Crippen LogP contribution is -2.07. The number of carbonyl (C=O) groups excluding carboxylic acids is 1. The van der Waals surface area contributed by atoms with Crippen LogP contribution in [0.25, 0.3) is 11.4 Å². The van der Waals surface area contributed by atoms with Crippen LogP contribution in [0.4, 0.5) is 4.39 Å². The van der Waals surface area contributed by atoms with E-state index in [2.05, 4.69) is 16.5 Å². The van der Waals surface area contributed by atoms with Gasteiger partial charge in [0.05, 0.1) is 12.2 Å². The second-order valence-corrected chi connectivity index (χ2v) is 6.24. The van der Waals surface area contributed by atoms with Crippen LogP contribution >= 0.6 is 0 Å². The molecule has 5 nitrogen and oxygen atoms in total. The molecule has 1 heterocycles. The van der Waals surface area contributed by atoms with Crippen LogP contribution in [-0.4, -0.2) is 22.5 Å². The SMILES string of the molecule is C=CCc1c(C)nc(-c2ccccc2)nc1Oc1ccc(C(=O)OCC)c(F)c1. The number of hydrogen-bond donors (Lipinski definition) is 0. The molecule has 0 atom stereocenters. The van der Waals surface area contributed by atoms with Crippen LogP contribution in [0.2, 0.25) is 0 Å². The van der Waals surface area contributed by atoms with Crippen molar-refractivity contribution in [2.45, 2.75) is 20.3 Å². The van der Waals surface area contributed by atoms with E-state index in [0.717, 1.165) is 22.9 Å². The summed E-state index contributed by atoms with van der Waals surface area (Å²) in [6, 6.07) is 13.5. The van der Waals surface area contributed by atoms with E-state index in [1.54, 1.807) is 13.0 Å². The number of aryl methyl sites for hydroxylation is 1. The molecule has 29 heavy (non-hydrogen) atoms. The van der Waals surface area contributed by atoms with Crippen molar-refractivity contribution >= 4 is 5.97 Å². The van der Waals surface area contributed by atoms with Crippen molar-refractivity contribution in [2.24, 2.45) is 0 Å². The number of nitrogens with zero attached hydrogens (tertiary/aromatic N) is 2. The second-order valence-electron chi connectivity index (χ2n) is 6.24. The highest BCUT2D eigenvalue weighted by Gasteiger charge is 2.17. The highest BCUT2D eigenvalue weighted by atomic mass is 19.1. The molecule has 0 saturated heterocycles. The maximum absolute atomic E-state index is 14.4. The molecule has 0 aliphatic rings. The first kappa shape index (κ1) is 20.2. The fourth-order valence-corrected chi connectivity index (χ4v) is 2.80. The number of esters is 1. The minimum absolute atomic E-state index is 0.144. The van der Waals surface area contributed by atoms with E-state index >= 15 is 0 Å². The predicted molar refractivity (Wildman–Crippen MR) is 109 cm³/mol. The third-order valence-corrected chi connectivity index (χ3v) is 4.21. The highest BCUT2D eigenvalue weighted by molar-refractivity contribution is 5.89. The standard InChI is InChI=1S/C23H21FN2O3/c1-4-9-18-15(3)25-21(16-10-7-6-8-11-16)26-22(18)29-17-12-13-19(20(24)14-17)23(27)28-5-2/h4,6-8,10-14H,1,5,9H2,2-3H3. The summed E-state index contributed by atoms with van der Waals surface area (Å²) in [6.07, 6.45) is 2.23. The fraction of sp³-hybridized carbons (Fsp3) is 0.174. The van der Waals surface area contributed by atoms with Gasteiger partial charge < -0.3 is 9.47 Å². The highest BCUT2D eigenvalue weighted by Crippen LogP contribution is 2.29. The molecular formula is C23H21FN2O3. The van der Waals surface area contributed by atoms with Crippen LogP contribution in [0.15, 0.2) is 61.2 Å². The Balaban J connectivity index is 1.99. The molecule has 0 bridgehead atoms. The summed E-state index contributed by atoms with van der Waals surface area (Å²) in [6.45, 7) is 7.46. The lowest BCUT2D eigenvalue weighted by atomic mass is 10.1. The van der Waals surface area contributed by atoms with Crippen LogP contribution < -0.4 is 4.74 Å². The molecule has 0 aliphatic carbocycles. The Morgan fingerprint density at radius 1 is 1.17 bits per heavy atom. The van der Waals surface area contributed by atoms with Crippen molar-refractivity contribution in [3.05, 3.63) is 83.8 Å². The Labute approximate surface area is 168 Å². The van der Waals surface area contributed by atoms with Crippen LogP contribution in [0.1, 0.15) is 28.5 Å². The van der Waals surface area contributed by atoms with Crippen LogP contribution in [-0.2, 0) is 11.2 Å². The smallest absolute Gasteiger partial charge is 0.341 e. The van der Waals surface area contributed by atoms with E-state index in [9.17, 15) is 9.18 Å². The Hall–Kier alpha value is -3.54. The molecule has 3 rings (SSSR count). The molecule has 2 aromatic carbocycles. The van der Waals surface area contributed by atoms with Gasteiger partial charge in [-0.15, -0.1) is 6.58 Å². The molecular weight excluding hydrogens is 371 g/mol. The van der Waals surface area contributed by atoms with Gasteiger partial charge in [0.25, 0.3) is 0 Å². The van der Waals surface area contributed by atoms with E-state index in [-0.39, 0.29) is 17.9 Å². The zero-order chi connectivity index (χ0) is 20.8. The minimum Gasteiger partial charge on any atom is -0.462 e. The lowest BCUT2D eigenvalue weighted by Gasteiger charge is -2.14. The summed E-state index contributed by atoms with van der Waals surface area (Å²) < 4.78 is 25.1. The molecule has 0 aliphatic heterocycles. The quantitative estimate of drug-likeness (QED) is 0.404. The molecule has 0 N–H and O–H groups in total. The first-order valence-electron chi connectivity index (χ1n) is 9.21. The Morgan fingerprint density at radius 2 is 1.93 bits per heavy atom. The topological polar surface area (TPSA) is 61.3 Å². The van der Waals surface area contributed by atoms with Crippen LogP contribution in [0.5, 0.6) is 11.6 Å². The zero-order valence-corrected chi connectivity index (χ0v) is 16.3. The van der Waals surface area contributed by atoms with Gasteiger partial charge in [0.2, 0.25) is 5.88 Å². The number of hydrogen-bond acceptors (Lipinski definition) is 5. The summed E-state index contributed by atoms with van der Waals surface area (Å²) in [5.41, 5.74) is 2.20. The van der Waals surface area contributed by atoms with Crippen molar-refractivity contribution < 1.29 is 18.7 Å². The van der Waals surface area contributed by atoms with Gasteiger partial charge in [0.1, 0.15) is 11.6 Å². The van der Waals surface area contributed by atoms with E-state index in [4.69, 9.17) is 9.47 Å².